The number of aryl methyl sites for hydroxylation is 1. The quantitative estimate of drug-likeness (QED) is 0.265. The van der Waals surface area contributed by atoms with E-state index in [0.717, 1.165) is 41.7 Å². The minimum atomic E-state index is -4.85. The number of carbonyl (C=O) groups excluding carboxylic acids is 1. The molecule has 0 atom stereocenters. The van der Waals surface area contributed by atoms with Crippen molar-refractivity contribution in [1.29, 1.82) is 0 Å². The van der Waals surface area contributed by atoms with Gasteiger partial charge in [-0.05, 0) is 72.6 Å². The predicted octanol–water partition coefficient (Wildman–Crippen LogP) is 4.87. The van der Waals surface area contributed by atoms with Gasteiger partial charge in [0.2, 0.25) is 0 Å². The Morgan fingerprint density at radius 2 is 1.67 bits per heavy atom. The fraction of sp³-hybridized carbons (Fsp3) is 0.250. The number of carbonyl (C=O) groups is 1. The lowest BCUT2D eigenvalue weighted by atomic mass is 10.0. The molecular weight excluding hydrogens is 607 g/mol. The summed E-state index contributed by atoms with van der Waals surface area (Å²) >= 11 is 1.21. The maximum Gasteiger partial charge on any atom is 0.431 e. The first kappa shape index (κ1) is 30.1. The van der Waals surface area contributed by atoms with Gasteiger partial charge in [0.1, 0.15) is 11.4 Å². The monoisotopic (exact) mass is 635 g/mol. The Morgan fingerprint density at radius 3 is 2.36 bits per heavy atom. The number of piperazine rings is 1. The van der Waals surface area contributed by atoms with Crippen molar-refractivity contribution in [3.63, 3.8) is 0 Å². The highest BCUT2D eigenvalue weighted by Crippen LogP contribution is 2.34. The van der Waals surface area contributed by atoms with Gasteiger partial charge in [0, 0.05) is 55.9 Å². The molecular formula is C32H28F3N5O4S. The highest BCUT2D eigenvalue weighted by atomic mass is 32.1. The van der Waals surface area contributed by atoms with Crippen LogP contribution in [0.1, 0.15) is 11.3 Å². The zero-order valence-electron chi connectivity index (χ0n) is 24.4. The maximum atomic E-state index is 13.3. The van der Waals surface area contributed by atoms with E-state index >= 15 is 0 Å². The number of aromatic nitrogens is 3. The Balaban J connectivity index is 1.18. The van der Waals surface area contributed by atoms with Crippen LogP contribution in [-0.2, 0) is 18.0 Å². The molecule has 0 spiro atoms. The van der Waals surface area contributed by atoms with Crippen molar-refractivity contribution < 1.29 is 22.7 Å². The number of rotatable bonds is 6. The Bertz CT molecular complexity index is 2010. The first-order valence-corrected chi connectivity index (χ1v) is 14.9. The number of ether oxygens (including phenoxy) is 1. The molecule has 1 aliphatic heterocycles. The minimum Gasteiger partial charge on any atom is -0.483 e. The number of hydrogen-bond acceptors (Lipinski definition) is 7. The number of nitrogens with zero attached hydrogens (tertiary/aromatic N) is 5. The maximum absolute atomic E-state index is 13.3. The van der Waals surface area contributed by atoms with Crippen LogP contribution in [0.15, 0.2) is 82.4 Å². The molecule has 2 aromatic heterocycles. The standard InChI is InChI=1S/C32H28F3N5O4S/c1-20-16-21(8-10-25(20)44-19-29(42)39-14-12-38(13-15-39)22-6-4-3-5-7-22)30-24-17-23(9-11-26(24)45-36-30)40-28(41)18-27(32(33,34)35)37(2)31(40)43/h3-11,16-18H,12-15,19H2,1-2H3. The number of para-hydroxylation sites is 1. The topological polar surface area (TPSA) is 89.7 Å². The Kier molecular flexibility index (Phi) is 7.96. The highest BCUT2D eigenvalue weighted by Gasteiger charge is 2.35. The van der Waals surface area contributed by atoms with Gasteiger partial charge in [-0.2, -0.15) is 17.5 Å². The third kappa shape index (κ3) is 5.95. The summed E-state index contributed by atoms with van der Waals surface area (Å²) in [5, 5.41) is 0.629. The van der Waals surface area contributed by atoms with Gasteiger partial charge < -0.3 is 14.5 Å². The van der Waals surface area contributed by atoms with Crippen LogP contribution in [0, 0.1) is 6.92 Å². The summed E-state index contributed by atoms with van der Waals surface area (Å²) < 4.78 is 52.3. The van der Waals surface area contributed by atoms with Crippen LogP contribution >= 0.6 is 11.5 Å². The first-order chi connectivity index (χ1) is 21.5. The molecule has 0 aliphatic carbocycles. The summed E-state index contributed by atoms with van der Waals surface area (Å²) in [6.45, 7) is 4.47. The van der Waals surface area contributed by atoms with E-state index in [9.17, 15) is 27.6 Å². The predicted molar refractivity (Wildman–Crippen MR) is 166 cm³/mol. The van der Waals surface area contributed by atoms with E-state index < -0.39 is 23.1 Å². The van der Waals surface area contributed by atoms with E-state index in [1.54, 1.807) is 29.2 Å². The molecule has 1 aliphatic rings. The number of hydrogen-bond donors (Lipinski definition) is 0. The molecule has 0 unspecified atom stereocenters. The second-order valence-corrected chi connectivity index (χ2v) is 11.5. The van der Waals surface area contributed by atoms with Crippen LogP contribution in [0.2, 0.25) is 0 Å². The fourth-order valence-electron chi connectivity index (χ4n) is 5.45. The molecule has 0 N–H and O–H groups in total. The van der Waals surface area contributed by atoms with Crippen LogP contribution in [0.5, 0.6) is 5.75 Å². The molecule has 13 heteroatoms. The van der Waals surface area contributed by atoms with Gasteiger partial charge in [-0.25, -0.2) is 9.36 Å². The summed E-state index contributed by atoms with van der Waals surface area (Å²) in [5.74, 6) is 0.462. The molecule has 0 saturated carbocycles. The Labute approximate surface area is 259 Å². The second-order valence-electron chi connectivity index (χ2n) is 10.7. The van der Waals surface area contributed by atoms with E-state index in [1.807, 2.05) is 31.2 Å². The van der Waals surface area contributed by atoms with Crippen LogP contribution in [-0.4, -0.2) is 57.1 Å². The SMILES string of the molecule is Cc1cc(-c2nsc3ccc(-n4c(=O)cc(C(F)(F)F)n(C)c4=O)cc23)ccc1OCC(=O)N1CCN(c2ccccc2)CC1. The summed E-state index contributed by atoms with van der Waals surface area (Å²) in [7, 11) is 0.975. The number of amides is 1. The van der Waals surface area contributed by atoms with Gasteiger partial charge in [-0.15, -0.1) is 0 Å². The molecule has 0 bridgehead atoms. The van der Waals surface area contributed by atoms with E-state index in [0.29, 0.717) is 45.1 Å². The lowest BCUT2D eigenvalue weighted by Gasteiger charge is -2.36. The third-order valence-electron chi connectivity index (χ3n) is 7.88. The molecule has 3 heterocycles. The van der Waals surface area contributed by atoms with Crippen molar-refractivity contribution in [1.82, 2.24) is 18.4 Å². The van der Waals surface area contributed by atoms with Crippen LogP contribution in [0.4, 0.5) is 18.9 Å². The molecule has 3 aromatic carbocycles. The zero-order chi connectivity index (χ0) is 31.9. The second kappa shape index (κ2) is 11.9. The van der Waals surface area contributed by atoms with Crippen LogP contribution in [0.3, 0.4) is 0 Å². The lowest BCUT2D eigenvalue weighted by Crippen LogP contribution is -2.50. The van der Waals surface area contributed by atoms with Crippen molar-refractivity contribution in [3.8, 4) is 22.7 Å². The Morgan fingerprint density at radius 1 is 0.933 bits per heavy atom. The normalized spacial score (nSPS) is 13.8. The van der Waals surface area contributed by atoms with Crippen LogP contribution < -0.4 is 20.9 Å². The largest absolute Gasteiger partial charge is 0.483 e. The zero-order valence-corrected chi connectivity index (χ0v) is 25.2. The lowest BCUT2D eigenvalue weighted by molar-refractivity contribution is -0.144. The van der Waals surface area contributed by atoms with E-state index in [1.165, 1.54) is 17.6 Å². The van der Waals surface area contributed by atoms with Gasteiger partial charge >= 0.3 is 11.9 Å². The minimum absolute atomic E-state index is 0.0890. The van der Waals surface area contributed by atoms with Crippen molar-refractivity contribution in [2.24, 2.45) is 7.05 Å². The number of halogens is 3. The number of alkyl halides is 3. The van der Waals surface area contributed by atoms with Gasteiger partial charge in [0.15, 0.2) is 6.61 Å². The molecule has 232 valence electrons. The molecule has 1 saturated heterocycles. The number of fused-ring (bicyclic) bond motifs is 1. The average molecular weight is 636 g/mol. The molecule has 9 nitrogen and oxygen atoms in total. The smallest absolute Gasteiger partial charge is 0.431 e. The van der Waals surface area contributed by atoms with Crippen LogP contribution in [0.25, 0.3) is 27.0 Å². The third-order valence-corrected chi connectivity index (χ3v) is 8.70. The van der Waals surface area contributed by atoms with Crippen molar-refractivity contribution in [2.45, 2.75) is 13.1 Å². The number of benzene rings is 3. The molecule has 5 aromatic rings. The summed E-state index contributed by atoms with van der Waals surface area (Å²) in [6, 6.07) is 20.7. The number of anilines is 1. The van der Waals surface area contributed by atoms with Crippen molar-refractivity contribution in [2.75, 3.05) is 37.7 Å². The molecule has 6 rings (SSSR count). The molecule has 45 heavy (non-hydrogen) atoms. The van der Waals surface area contributed by atoms with Crippen molar-refractivity contribution in [3.05, 3.63) is 105 Å². The van der Waals surface area contributed by atoms with E-state index in [2.05, 4.69) is 21.4 Å². The summed E-state index contributed by atoms with van der Waals surface area (Å²) in [4.78, 5) is 42.4. The van der Waals surface area contributed by atoms with E-state index in [-0.39, 0.29) is 18.2 Å². The highest BCUT2D eigenvalue weighted by molar-refractivity contribution is 7.13. The first-order valence-electron chi connectivity index (χ1n) is 14.1. The summed E-state index contributed by atoms with van der Waals surface area (Å²) in [6.07, 6.45) is -4.85. The van der Waals surface area contributed by atoms with Gasteiger partial charge in [-0.3, -0.25) is 14.2 Å². The van der Waals surface area contributed by atoms with Gasteiger partial charge in [-0.1, -0.05) is 18.2 Å². The average Bonchev–Trinajstić information content (AvgIpc) is 3.45. The Hall–Kier alpha value is -4.91. The molecule has 1 fully saturated rings. The van der Waals surface area contributed by atoms with Gasteiger partial charge in [0.05, 0.1) is 16.1 Å². The van der Waals surface area contributed by atoms with Crippen molar-refractivity contribution >= 4 is 33.2 Å². The molecule has 0 radical (unpaired) electrons. The summed E-state index contributed by atoms with van der Waals surface area (Å²) in [5.41, 5.74) is -0.156. The van der Waals surface area contributed by atoms with E-state index in [4.69, 9.17) is 4.74 Å². The van der Waals surface area contributed by atoms with Gasteiger partial charge in [0.25, 0.3) is 11.5 Å². The fourth-order valence-corrected chi connectivity index (χ4v) is 6.23. The molecule has 1 amide bonds.